The molecule has 0 unspecified atom stereocenters. The largest absolute Gasteiger partial charge is 0.493 e. The number of ether oxygens (including phenoxy) is 2. The normalized spacial score (nSPS) is 16.0. The Morgan fingerprint density at radius 3 is 2.67 bits per heavy atom. The maximum Gasteiger partial charge on any atom is 0.257 e. The Labute approximate surface area is 144 Å². The quantitative estimate of drug-likeness (QED) is 0.722. The van der Waals surface area contributed by atoms with Crippen molar-refractivity contribution in [3.05, 3.63) is 23.8 Å². The number of carbonyl (C=O) groups is 1. The first-order chi connectivity index (χ1) is 11.6. The second kappa shape index (κ2) is 9.49. The maximum atomic E-state index is 11.9. The number of likely N-dealkylation sites (N-methyl/N-ethyl adjacent to an activating group) is 1. The number of hydrogen-bond acceptors (Lipinski definition) is 5. The van der Waals surface area contributed by atoms with E-state index in [0.29, 0.717) is 18.0 Å². The van der Waals surface area contributed by atoms with Gasteiger partial charge in [-0.25, -0.2) is 0 Å². The molecule has 0 atom stereocenters. The van der Waals surface area contributed by atoms with Crippen LogP contribution < -0.4 is 14.8 Å². The molecular formula is C18H29N3O3. The summed E-state index contributed by atoms with van der Waals surface area (Å²) in [6.45, 7) is 8.17. The molecule has 0 saturated carbocycles. The van der Waals surface area contributed by atoms with Crippen molar-refractivity contribution in [2.75, 3.05) is 60.0 Å². The van der Waals surface area contributed by atoms with E-state index in [0.717, 1.165) is 44.7 Å². The highest BCUT2D eigenvalue weighted by Gasteiger charge is 2.13. The Morgan fingerprint density at radius 2 is 1.96 bits per heavy atom. The average Bonchev–Trinajstić information content (AvgIpc) is 2.59. The molecule has 0 aliphatic carbocycles. The molecule has 1 saturated heterocycles. The van der Waals surface area contributed by atoms with Gasteiger partial charge in [-0.3, -0.25) is 4.79 Å². The minimum atomic E-state index is -0.101. The summed E-state index contributed by atoms with van der Waals surface area (Å²) >= 11 is 0. The lowest BCUT2D eigenvalue weighted by Crippen LogP contribution is -2.45. The predicted octanol–water partition coefficient (Wildman–Crippen LogP) is 1.14. The van der Waals surface area contributed by atoms with Gasteiger partial charge < -0.3 is 24.6 Å². The number of benzene rings is 1. The summed E-state index contributed by atoms with van der Waals surface area (Å²) in [5, 5.41) is 2.91. The maximum absolute atomic E-state index is 11.9. The topological polar surface area (TPSA) is 54.0 Å². The first-order valence-corrected chi connectivity index (χ1v) is 8.53. The van der Waals surface area contributed by atoms with Crippen molar-refractivity contribution in [2.24, 2.45) is 0 Å². The molecule has 0 bridgehead atoms. The smallest absolute Gasteiger partial charge is 0.257 e. The van der Waals surface area contributed by atoms with E-state index in [4.69, 9.17) is 9.47 Å². The zero-order valence-electron chi connectivity index (χ0n) is 15.0. The summed E-state index contributed by atoms with van der Waals surface area (Å²) in [5.41, 5.74) is 1.09. The van der Waals surface area contributed by atoms with Gasteiger partial charge in [0, 0.05) is 32.7 Å². The molecule has 1 aliphatic rings. The first kappa shape index (κ1) is 18.5. The Balaban J connectivity index is 1.61. The highest BCUT2D eigenvalue weighted by atomic mass is 16.5. The van der Waals surface area contributed by atoms with Gasteiger partial charge in [0.05, 0.1) is 7.11 Å². The minimum Gasteiger partial charge on any atom is -0.493 e. The lowest BCUT2D eigenvalue weighted by molar-refractivity contribution is -0.123. The SMILES string of the molecule is COc1cc(C)ccc1OCC(=O)NCCCN1CCN(C)CC1. The number of hydrogen-bond donors (Lipinski definition) is 1. The van der Waals surface area contributed by atoms with E-state index in [2.05, 4.69) is 22.2 Å². The van der Waals surface area contributed by atoms with Gasteiger partial charge in [0.1, 0.15) is 0 Å². The van der Waals surface area contributed by atoms with Crippen molar-refractivity contribution in [3.63, 3.8) is 0 Å². The van der Waals surface area contributed by atoms with E-state index in [1.165, 1.54) is 0 Å². The number of nitrogens with one attached hydrogen (secondary N) is 1. The fourth-order valence-corrected chi connectivity index (χ4v) is 2.69. The van der Waals surface area contributed by atoms with Crippen LogP contribution in [-0.4, -0.2) is 75.7 Å². The Bertz CT molecular complexity index is 528. The van der Waals surface area contributed by atoms with Gasteiger partial charge in [0.15, 0.2) is 18.1 Å². The molecule has 6 nitrogen and oxygen atoms in total. The average molecular weight is 335 g/mol. The minimum absolute atomic E-state index is 0.00787. The molecule has 0 spiro atoms. The highest BCUT2D eigenvalue weighted by molar-refractivity contribution is 5.77. The molecule has 1 aliphatic heterocycles. The second-order valence-electron chi connectivity index (χ2n) is 6.29. The molecular weight excluding hydrogens is 306 g/mol. The molecule has 2 rings (SSSR count). The van der Waals surface area contributed by atoms with Crippen LogP contribution in [0.15, 0.2) is 18.2 Å². The number of amides is 1. The van der Waals surface area contributed by atoms with E-state index in [-0.39, 0.29) is 12.5 Å². The number of aryl methyl sites for hydroxylation is 1. The number of nitrogens with zero attached hydrogens (tertiary/aromatic N) is 2. The van der Waals surface area contributed by atoms with Gasteiger partial charge in [-0.05, 0) is 44.6 Å². The fraction of sp³-hybridized carbons (Fsp3) is 0.611. The van der Waals surface area contributed by atoms with Crippen LogP contribution >= 0.6 is 0 Å². The monoisotopic (exact) mass is 335 g/mol. The fourth-order valence-electron chi connectivity index (χ4n) is 2.69. The molecule has 134 valence electrons. The van der Waals surface area contributed by atoms with Crippen LogP contribution in [0.3, 0.4) is 0 Å². The zero-order chi connectivity index (χ0) is 17.4. The van der Waals surface area contributed by atoms with Crippen LogP contribution in [0.25, 0.3) is 0 Å². The van der Waals surface area contributed by atoms with Crippen molar-refractivity contribution >= 4 is 5.91 Å². The molecule has 0 aromatic heterocycles. The van der Waals surface area contributed by atoms with Crippen LogP contribution in [0.2, 0.25) is 0 Å². The molecule has 24 heavy (non-hydrogen) atoms. The van der Waals surface area contributed by atoms with Crippen molar-refractivity contribution in [2.45, 2.75) is 13.3 Å². The summed E-state index contributed by atoms with van der Waals surface area (Å²) in [4.78, 5) is 16.7. The van der Waals surface area contributed by atoms with Crippen LogP contribution in [0, 0.1) is 6.92 Å². The summed E-state index contributed by atoms with van der Waals surface area (Å²) in [6.07, 6.45) is 0.962. The molecule has 1 N–H and O–H groups in total. The van der Waals surface area contributed by atoms with Gasteiger partial charge in [0.25, 0.3) is 5.91 Å². The molecule has 1 aromatic carbocycles. The van der Waals surface area contributed by atoms with Gasteiger partial charge in [-0.1, -0.05) is 6.07 Å². The lowest BCUT2D eigenvalue weighted by Gasteiger charge is -2.32. The van der Waals surface area contributed by atoms with Crippen molar-refractivity contribution < 1.29 is 14.3 Å². The van der Waals surface area contributed by atoms with Crippen LogP contribution in [0.1, 0.15) is 12.0 Å². The molecule has 1 amide bonds. The third-order valence-electron chi connectivity index (χ3n) is 4.25. The summed E-state index contributed by atoms with van der Waals surface area (Å²) in [6, 6.07) is 5.66. The summed E-state index contributed by atoms with van der Waals surface area (Å²) in [7, 11) is 3.75. The van der Waals surface area contributed by atoms with Crippen molar-refractivity contribution in [1.29, 1.82) is 0 Å². The van der Waals surface area contributed by atoms with Crippen molar-refractivity contribution in [3.8, 4) is 11.5 Å². The second-order valence-corrected chi connectivity index (χ2v) is 6.29. The Morgan fingerprint density at radius 1 is 1.21 bits per heavy atom. The Kier molecular flexibility index (Phi) is 7.34. The number of piperazine rings is 1. The predicted molar refractivity (Wildman–Crippen MR) is 94.8 cm³/mol. The summed E-state index contributed by atoms with van der Waals surface area (Å²) in [5.74, 6) is 1.14. The number of methoxy groups -OCH3 is 1. The van der Waals surface area contributed by atoms with Gasteiger partial charge in [0.2, 0.25) is 0 Å². The van der Waals surface area contributed by atoms with E-state index in [1.54, 1.807) is 7.11 Å². The van der Waals surface area contributed by atoms with E-state index < -0.39 is 0 Å². The number of carbonyl (C=O) groups excluding carboxylic acids is 1. The van der Waals surface area contributed by atoms with Crippen LogP contribution in [0.5, 0.6) is 11.5 Å². The molecule has 1 fully saturated rings. The zero-order valence-corrected chi connectivity index (χ0v) is 15.0. The highest BCUT2D eigenvalue weighted by Crippen LogP contribution is 2.27. The van der Waals surface area contributed by atoms with Crippen molar-refractivity contribution in [1.82, 2.24) is 15.1 Å². The summed E-state index contributed by atoms with van der Waals surface area (Å²) < 4.78 is 10.8. The standard InChI is InChI=1S/C18H29N3O3/c1-15-5-6-16(17(13-15)23-3)24-14-18(22)19-7-4-8-21-11-9-20(2)10-12-21/h5-6,13H,4,7-12,14H2,1-3H3,(H,19,22). The Hall–Kier alpha value is -1.79. The molecule has 1 aromatic rings. The molecule has 1 heterocycles. The van der Waals surface area contributed by atoms with Crippen LogP contribution in [0.4, 0.5) is 0 Å². The number of rotatable bonds is 8. The van der Waals surface area contributed by atoms with Gasteiger partial charge >= 0.3 is 0 Å². The van der Waals surface area contributed by atoms with Crippen LogP contribution in [-0.2, 0) is 4.79 Å². The molecule has 6 heteroatoms. The third-order valence-corrected chi connectivity index (χ3v) is 4.25. The van der Waals surface area contributed by atoms with E-state index in [9.17, 15) is 4.79 Å². The molecule has 0 radical (unpaired) electrons. The van der Waals surface area contributed by atoms with E-state index >= 15 is 0 Å². The van der Waals surface area contributed by atoms with E-state index in [1.807, 2.05) is 25.1 Å². The van der Waals surface area contributed by atoms with Gasteiger partial charge in [-0.2, -0.15) is 0 Å². The lowest BCUT2D eigenvalue weighted by atomic mass is 10.2. The first-order valence-electron chi connectivity index (χ1n) is 8.53. The van der Waals surface area contributed by atoms with Gasteiger partial charge in [-0.15, -0.1) is 0 Å². The third kappa shape index (κ3) is 6.02.